The molecule has 4 heteroatoms. The Morgan fingerprint density at radius 3 is 1.38 bits per heavy atom. The van der Waals surface area contributed by atoms with Gasteiger partial charge in [-0.25, -0.2) is 0 Å². The van der Waals surface area contributed by atoms with Crippen molar-refractivity contribution in [2.75, 3.05) is 0 Å². The van der Waals surface area contributed by atoms with E-state index in [2.05, 4.69) is 10.6 Å². The zero-order valence-corrected chi connectivity index (χ0v) is 15.4. The summed E-state index contributed by atoms with van der Waals surface area (Å²) in [6, 6.07) is 15.0. The lowest BCUT2D eigenvalue weighted by Crippen LogP contribution is -2.53. The number of nitrogens with one attached hydrogen (secondary N) is 2. The van der Waals surface area contributed by atoms with Gasteiger partial charge in [-0.05, 0) is 51.0 Å². The molecule has 2 aromatic rings. The van der Waals surface area contributed by atoms with Crippen LogP contribution in [-0.4, -0.2) is 23.9 Å². The molecule has 2 amide bonds. The van der Waals surface area contributed by atoms with E-state index in [1.54, 1.807) is 0 Å². The molecule has 0 saturated heterocycles. The second-order valence-electron chi connectivity index (χ2n) is 7.18. The van der Waals surface area contributed by atoms with E-state index < -0.39 is 0 Å². The quantitative estimate of drug-likeness (QED) is 0.882. The highest BCUT2D eigenvalue weighted by molar-refractivity contribution is 5.95. The zero-order valence-electron chi connectivity index (χ0n) is 15.4. The van der Waals surface area contributed by atoms with E-state index in [0.29, 0.717) is 11.1 Å². The molecule has 2 unspecified atom stereocenters. The van der Waals surface area contributed by atoms with Gasteiger partial charge >= 0.3 is 0 Å². The second-order valence-corrected chi connectivity index (χ2v) is 7.18. The Bertz CT molecular complexity index is 698. The Morgan fingerprint density at radius 2 is 1.04 bits per heavy atom. The molecule has 1 aliphatic rings. The van der Waals surface area contributed by atoms with Gasteiger partial charge in [0.05, 0.1) is 0 Å². The smallest absolute Gasteiger partial charge is 0.251 e. The standard InChI is InChI=1S/C22H26N2O2/c1-15-7-11-17(12-8-15)21(25)23-19-5-3-4-6-20(19)24-22(26)18-13-9-16(2)10-14-18/h7-14,19-20H,3-6H2,1-2H3,(H,23,25)(H,24,26). The molecule has 136 valence electrons. The van der Waals surface area contributed by atoms with Gasteiger partial charge in [-0.2, -0.15) is 0 Å². The number of carbonyl (C=O) groups excluding carboxylic acids is 2. The maximum Gasteiger partial charge on any atom is 0.251 e. The van der Waals surface area contributed by atoms with Crippen LogP contribution in [0.5, 0.6) is 0 Å². The van der Waals surface area contributed by atoms with E-state index in [1.165, 1.54) is 0 Å². The molecule has 0 bridgehead atoms. The predicted octanol–water partition coefficient (Wildman–Crippen LogP) is 3.77. The monoisotopic (exact) mass is 350 g/mol. The van der Waals surface area contributed by atoms with Crippen molar-refractivity contribution in [2.24, 2.45) is 0 Å². The number of hydrogen-bond donors (Lipinski definition) is 2. The van der Waals surface area contributed by atoms with Crippen LogP contribution in [0.25, 0.3) is 0 Å². The van der Waals surface area contributed by atoms with Crippen molar-refractivity contribution in [3.05, 3.63) is 70.8 Å². The molecule has 2 atom stereocenters. The molecule has 2 N–H and O–H groups in total. The molecule has 0 aromatic heterocycles. The van der Waals surface area contributed by atoms with Gasteiger partial charge in [0.25, 0.3) is 11.8 Å². The Labute approximate surface area is 155 Å². The molecule has 1 fully saturated rings. The van der Waals surface area contributed by atoms with Gasteiger partial charge in [-0.15, -0.1) is 0 Å². The van der Waals surface area contributed by atoms with Crippen molar-refractivity contribution in [1.82, 2.24) is 10.6 Å². The summed E-state index contributed by atoms with van der Waals surface area (Å²) in [5.74, 6) is -0.155. The summed E-state index contributed by atoms with van der Waals surface area (Å²) in [4.78, 5) is 25.1. The number of carbonyl (C=O) groups is 2. The summed E-state index contributed by atoms with van der Waals surface area (Å²) >= 11 is 0. The van der Waals surface area contributed by atoms with Crippen molar-refractivity contribution in [3.63, 3.8) is 0 Å². The first-order chi connectivity index (χ1) is 12.5. The third-order valence-corrected chi connectivity index (χ3v) is 5.03. The Balaban J connectivity index is 1.65. The van der Waals surface area contributed by atoms with E-state index >= 15 is 0 Å². The van der Waals surface area contributed by atoms with Gasteiger partial charge < -0.3 is 10.6 Å². The predicted molar refractivity (Wildman–Crippen MR) is 103 cm³/mol. The minimum absolute atomic E-state index is 0.0352. The Hall–Kier alpha value is -2.62. The van der Waals surface area contributed by atoms with Crippen LogP contribution in [0, 0.1) is 13.8 Å². The Kier molecular flexibility index (Phi) is 5.71. The molecular formula is C22H26N2O2. The summed E-state index contributed by atoms with van der Waals surface area (Å²) < 4.78 is 0. The molecule has 1 aliphatic carbocycles. The zero-order chi connectivity index (χ0) is 18.5. The van der Waals surface area contributed by atoms with Gasteiger partial charge in [0.2, 0.25) is 0 Å². The van der Waals surface area contributed by atoms with E-state index in [-0.39, 0.29) is 23.9 Å². The van der Waals surface area contributed by atoms with Gasteiger partial charge in [0, 0.05) is 23.2 Å². The maximum atomic E-state index is 12.5. The van der Waals surface area contributed by atoms with Crippen molar-refractivity contribution >= 4 is 11.8 Å². The number of aryl methyl sites for hydroxylation is 2. The van der Waals surface area contributed by atoms with Crippen LogP contribution in [-0.2, 0) is 0 Å². The molecule has 0 aliphatic heterocycles. The molecule has 0 radical (unpaired) electrons. The fourth-order valence-corrected chi connectivity index (χ4v) is 3.39. The first-order valence-corrected chi connectivity index (χ1v) is 9.28. The molecule has 26 heavy (non-hydrogen) atoms. The van der Waals surface area contributed by atoms with Gasteiger partial charge in [-0.1, -0.05) is 48.2 Å². The normalized spacial score (nSPS) is 19.6. The van der Waals surface area contributed by atoms with Crippen molar-refractivity contribution < 1.29 is 9.59 Å². The van der Waals surface area contributed by atoms with Crippen LogP contribution in [0.3, 0.4) is 0 Å². The third-order valence-electron chi connectivity index (χ3n) is 5.03. The van der Waals surface area contributed by atoms with Crippen LogP contribution in [0.15, 0.2) is 48.5 Å². The SMILES string of the molecule is Cc1ccc(C(=O)NC2CCCCC2NC(=O)c2ccc(C)cc2)cc1. The molecular weight excluding hydrogens is 324 g/mol. The second kappa shape index (κ2) is 8.17. The molecule has 0 spiro atoms. The van der Waals surface area contributed by atoms with E-state index in [1.807, 2.05) is 62.4 Å². The summed E-state index contributed by atoms with van der Waals surface area (Å²) in [5.41, 5.74) is 3.57. The fourth-order valence-electron chi connectivity index (χ4n) is 3.39. The van der Waals surface area contributed by atoms with Gasteiger partial charge in [0.15, 0.2) is 0 Å². The van der Waals surface area contributed by atoms with Crippen molar-refractivity contribution in [3.8, 4) is 0 Å². The van der Waals surface area contributed by atoms with Crippen LogP contribution in [0.1, 0.15) is 57.5 Å². The van der Waals surface area contributed by atoms with E-state index in [9.17, 15) is 9.59 Å². The average molecular weight is 350 g/mol. The molecule has 2 aromatic carbocycles. The van der Waals surface area contributed by atoms with Crippen molar-refractivity contribution in [2.45, 2.75) is 51.6 Å². The van der Waals surface area contributed by atoms with Gasteiger partial charge in [-0.3, -0.25) is 9.59 Å². The highest BCUT2D eigenvalue weighted by atomic mass is 16.2. The van der Waals surface area contributed by atoms with Crippen molar-refractivity contribution in [1.29, 1.82) is 0 Å². The number of amides is 2. The molecule has 3 rings (SSSR count). The summed E-state index contributed by atoms with van der Waals surface area (Å²) in [5, 5.41) is 6.23. The van der Waals surface area contributed by atoms with Crippen LogP contribution in [0.4, 0.5) is 0 Å². The van der Waals surface area contributed by atoms with Crippen LogP contribution in [0.2, 0.25) is 0 Å². The highest BCUT2D eigenvalue weighted by Gasteiger charge is 2.28. The van der Waals surface area contributed by atoms with E-state index in [4.69, 9.17) is 0 Å². The molecule has 4 nitrogen and oxygen atoms in total. The van der Waals surface area contributed by atoms with Crippen LogP contribution >= 0.6 is 0 Å². The summed E-state index contributed by atoms with van der Waals surface area (Å²) in [6.45, 7) is 4.00. The number of benzene rings is 2. The molecule has 0 heterocycles. The largest absolute Gasteiger partial charge is 0.347 e. The number of hydrogen-bond acceptors (Lipinski definition) is 2. The minimum Gasteiger partial charge on any atom is -0.347 e. The average Bonchev–Trinajstić information content (AvgIpc) is 2.64. The first-order valence-electron chi connectivity index (χ1n) is 9.28. The third kappa shape index (κ3) is 4.51. The Morgan fingerprint density at radius 1 is 0.692 bits per heavy atom. The fraction of sp³-hybridized carbons (Fsp3) is 0.364. The number of rotatable bonds is 4. The summed E-state index contributed by atoms with van der Waals surface area (Å²) in [6.07, 6.45) is 3.90. The first kappa shape index (κ1) is 18.2. The molecule has 1 saturated carbocycles. The maximum absolute atomic E-state index is 12.5. The lowest BCUT2D eigenvalue weighted by molar-refractivity contribution is 0.0863. The summed E-state index contributed by atoms with van der Waals surface area (Å²) in [7, 11) is 0. The lowest BCUT2D eigenvalue weighted by atomic mass is 9.89. The highest BCUT2D eigenvalue weighted by Crippen LogP contribution is 2.20. The van der Waals surface area contributed by atoms with Gasteiger partial charge in [0.1, 0.15) is 0 Å². The lowest BCUT2D eigenvalue weighted by Gasteiger charge is -2.33. The van der Waals surface area contributed by atoms with Crippen LogP contribution < -0.4 is 10.6 Å². The van der Waals surface area contributed by atoms with E-state index in [0.717, 1.165) is 36.8 Å². The minimum atomic E-state index is -0.0773. The topological polar surface area (TPSA) is 58.2 Å².